The molecule has 0 aromatic rings. The van der Waals surface area contributed by atoms with E-state index in [1.807, 2.05) is 25.7 Å². The van der Waals surface area contributed by atoms with Gasteiger partial charge in [0, 0.05) is 12.6 Å². The minimum absolute atomic E-state index is 0.0676. The van der Waals surface area contributed by atoms with E-state index in [2.05, 4.69) is 5.32 Å². The third kappa shape index (κ3) is 3.87. The second-order valence-corrected chi connectivity index (χ2v) is 6.81. The summed E-state index contributed by atoms with van der Waals surface area (Å²) >= 11 is 0. The molecule has 0 spiro atoms. The van der Waals surface area contributed by atoms with Crippen LogP contribution >= 0.6 is 0 Å². The van der Waals surface area contributed by atoms with E-state index in [1.165, 1.54) is 6.42 Å². The Morgan fingerprint density at radius 3 is 2.60 bits per heavy atom. The quantitative estimate of drug-likeness (QED) is 0.803. The molecule has 2 heterocycles. The van der Waals surface area contributed by atoms with Crippen LogP contribution in [0.5, 0.6) is 0 Å². The average Bonchev–Trinajstić information content (AvgIpc) is 2.49. The largest absolute Gasteiger partial charge is 0.444 e. The Bertz CT molecular complexity index is 376. The first-order valence-electron chi connectivity index (χ1n) is 7.67. The normalized spacial score (nSPS) is 27.6. The molecule has 2 fully saturated rings. The summed E-state index contributed by atoms with van der Waals surface area (Å²) < 4.78 is 5.24. The van der Waals surface area contributed by atoms with Crippen molar-refractivity contribution >= 4 is 12.0 Å². The van der Waals surface area contributed by atoms with Gasteiger partial charge in [0.05, 0.1) is 0 Å². The lowest BCUT2D eigenvalue weighted by atomic mass is 9.99. The van der Waals surface area contributed by atoms with Gasteiger partial charge in [0.1, 0.15) is 11.6 Å². The zero-order valence-electron chi connectivity index (χ0n) is 12.8. The molecule has 2 saturated heterocycles. The summed E-state index contributed by atoms with van der Waals surface area (Å²) in [4.78, 5) is 26.3. The summed E-state index contributed by atoms with van der Waals surface area (Å²) in [7, 11) is 0. The number of amides is 2. The maximum absolute atomic E-state index is 12.5. The van der Waals surface area contributed by atoms with Crippen molar-refractivity contribution in [1.29, 1.82) is 0 Å². The number of fused-ring (bicyclic) bond motifs is 1. The molecule has 2 amide bonds. The molecule has 2 atom stereocenters. The van der Waals surface area contributed by atoms with Crippen LogP contribution in [0.3, 0.4) is 0 Å². The Morgan fingerprint density at radius 2 is 1.90 bits per heavy atom. The Kier molecular flexibility index (Phi) is 4.55. The Labute approximate surface area is 121 Å². The molecule has 0 radical (unpaired) electrons. The van der Waals surface area contributed by atoms with Gasteiger partial charge in [0.25, 0.3) is 0 Å². The molecule has 0 saturated carbocycles. The fourth-order valence-corrected chi connectivity index (χ4v) is 3.06. The molecule has 2 aliphatic heterocycles. The summed E-state index contributed by atoms with van der Waals surface area (Å²) in [5, 5.41) is 2.75. The van der Waals surface area contributed by atoms with Gasteiger partial charge in [0.2, 0.25) is 5.91 Å². The summed E-state index contributed by atoms with van der Waals surface area (Å²) in [5.41, 5.74) is -0.536. The van der Waals surface area contributed by atoms with E-state index in [9.17, 15) is 9.59 Å². The standard InChI is InChI=1S/C15H26N2O3/c1-15(2,3)20-14(19)16-12-9-6-8-11-7-4-5-10-17(11)13(12)18/h11-12H,4-10H2,1-3H3,(H,16,19)/t11-,12+/m1/s1. The zero-order chi connectivity index (χ0) is 14.8. The maximum Gasteiger partial charge on any atom is 0.408 e. The molecule has 2 rings (SSSR count). The minimum atomic E-state index is -0.536. The first kappa shape index (κ1) is 15.1. The number of alkyl carbamates (subject to hydrolysis) is 1. The van der Waals surface area contributed by atoms with Crippen molar-refractivity contribution in [3.63, 3.8) is 0 Å². The molecular formula is C15H26N2O3. The molecule has 0 aromatic carbocycles. The van der Waals surface area contributed by atoms with Gasteiger partial charge in [0.15, 0.2) is 0 Å². The fourth-order valence-electron chi connectivity index (χ4n) is 3.06. The van der Waals surface area contributed by atoms with E-state index in [0.29, 0.717) is 12.5 Å². The number of nitrogens with zero attached hydrogens (tertiary/aromatic N) is 1. The lowest BCUT2D eigenvalue weighted by molar-refractivity contribution is -0.136. The molecule has 0 bridgehead atoms. The maximum atomic E-state index is 12.5. The predicted molar refractivity (Wildman–Crippen MR) is 76.4 cm³/mol. The number of ether oxygens (including phenoxy) is 1. The Morgan fingerprint density at radius 1 is 1.20 bits per heavy atom. The average molecular weight is 282 g/mol. The van der Waals surface area contributed by atoms with Gasteiger partial charge >= 0.3 is 6.09 Å². The zero-order valence-corrected chi connectivity index (χ0v) is 12.8. The van der Waals surface area contributed by atoms with Crippen molar-refractivity contribution in [2.24, 2.45) is 0 Å². The molecule has 0 aromatic heterocycles. The summed E-state index contributed by atoms with van der Waals surface area (Å²) in [5.74, 6) is 0.0676. The first-order valence-corrected chi connectivity index (χ1v) is 7.67. The molecule has 5 nitrogen and oxygen atoms in total. The smallest absolute Gasteiger partial charge is 0.408 e. The topological polar surface area (TPSA) is 58.6 Å². The molecule has 1 N–H and O–H groups in total. The van der Waals surface area contributed by atoms with Gasteiger partial charge in [-0.2, -0.15) is 0 Å². The van der Waals surface area contributed by atoms with E-state index in [-0.39, 0.29) is 5.91 Å². The van der Waals surface area contributed by atoms with Crippen molar-refractivity contribution in [2.75, 3.05) is 6.54 Å². The van der Waals surface area contributed by atoms with Gasteiger partial charge < -0.3 is 15.0 Å². The van der Waals surface area contributed by atoms with Gasteiger partial charge in [-0.3, -0.25) is 4.79 Å². The van der Waals surface area contributed by atoms with Gasteiger partial charge in [-0.1, -0.05) is 0 Å². The molecule has 114 valence electrons. The van der Waals surface area contributed by atoms with Gasteiger partial charge in [-0.05, 0) is 59.3 Å². The number of hydrogen-bond donors (Lipinski definition) is 1. The highest BCUT2D eigenvalue weighted by Crippen LogP contribution is 2.26. The fraction of sp³-hybridized carbons (Fsp3) is 0.867. The third-order valence-corrected chi connectivity index (χ3v) is 3.93. The molecule has 0 unspecified atom stereocenters. The number of carbonyl (C=O) groups excluding carboxylic acids is 2. The van der Waals surface area contributed by atoms with Gasteiger partial charge in [-0.25, -0.2) is 4.79 Å². The third-order valence-electron chi connectivity index (χ3n) is 3.93. The molecular weight excluding hydrogens is 256 g/mol. The van der Waals surface area contributed by atoms with E-state index in [1.54, 1.807) is 0 Å². The molecule has 5 heteroatoms. The SMILES string of the molecule is CC(C)(C)OC(=O)N[C@H]1CCC[C@H]2CCCCN2C1=O. The molecule has 0 aliphatic carbocycles. The minimum Gasteiger partial charge on any atom is -0.444 e. The Balaban J connectivity index is 1.97. The molecule has 2 aliphatic rings. The second kappa shape index (κ2) is 6.02. The van der Waals surface area contributed by atoms with Crippen LogP contribution in [0.25, 0.3) is 0 Å². The van der Waals surface area contributed by atoms with Gasteiger partial charge in [-0.15, -0.1) is 0 Å². The Hall–Kier alpha value is -1.26. The lowest BCUT2D eigenvalue weighted by Gasteiger charge is -2.35. The van der Waals surface area contributed by atoms with Crippen molar-refractivity contribution in [2.45, 2.75) is 77.0 Å². The van der Waals surface area contributed by atoms with Crippen LogP contribution in [0, 0.1) is 0 Å². The monoisotopic (exact) mass is 282 g/mol. The number of carbonyl (C=O) groups is 2. The van der Waals surface area contributed by atoms with Crippen molar-refractivity contribution < 1.29 is 14.3 Å². The predicted octanol–water partition coefficient (Wildman–Crippen LogP) is 2.44. The lowest BCUT2D eigenvalue weighted by Crippen LogP contribution is -2.52. The highest BCUT2D eigenvalue weighted by Gasteiger charge is 2.35. The van der Waals surface area contributed by atoms with Crippen LogP contribution in [-0.2, 0) is 9.53 Å². The van der Waals surface area contributed by atoms with Crippen molar-refractivity contribution in [3.8, 4) is 0 Å². The highest BCUT2D eigenvalue weighted by atomic mass is 16.6. The molecule has 20 heavy (non-hydrogen) atoms. The van der Waals surface area contributed by atoms with E-state index in [4.69, 9.17) is 4.74 Å². The van der Waals surface area contributed by atoms with E-state index in [0.717, 1.165) is 32.2 Å². The van der Waals surface area contributed by atoms with E-state index >= 15 is 0 Å². The van der Waals surface area contributed by atoms with Crippen molar-refractivity contribution in [1.82, 2.24) is 10.2 Å². The number of piperidine rings is 1. The summed E-state index contributed by atoms with van der Waals surface area (Å²) in [6.07, 6.45) is 5.63. The van der Waals surface area contributed by atoms with Crippen LogP contribution in [0.4, 0.5) is 4.79 Å². The van der Waals surface area contributed by atoms with Crippen LogP contribution < -0.4 is 5.32 Å². The van der Waals surface area contributed by atoms with Crippen LogP contribution in [0.2, 0.25) is 0 Å². The number of rotatable bonds is 1. The number of nitrogens with one attached hydrogen (secondary N) is 1. The van der Waals surface area contributed by atoms with E-state index < -0.39 is 17.7 Å². The van der Waals surface area contributed by atoms with Crippen LogP contribution in [0.15, 0.2) is 0 Å². The van der Waals surface area contributed by atoms with Crippen molar-refractivity contribution in [3.05, 3.63) is 0 Å². The number of hydrogen-bond acceptors (Lipinski definition) is 3. The van der Waals surface area contributed by atoms with Crippen LogP contribution in [-0.4, -0.2) is 41.1 Å². The first-order chi connectivity index (χ1) is 9.37. The second-order valence-electron chi connectivity index (χ2n) is 6.81. The highest BCUT2D eigenvalue weighted by molar-refractivity contribution is 5.86. The summed E-state index contributed by atoms with van der Waals surface area (Å²) in [6.45, 7) is 6.29. The van der Waals surface area contributed by atoms with Crippen LogP contribution in [0.1, 0.15) is 59.3 Å². The summed E-state index contributed by atoms with van der Waals surface area (Å²) in [6, 6.07) is -0.0466.